The van der Waals surface area contributed by atoms with Crippen LogP contribution in [0.2, 0.25) is 5.02 Å². The Morgan fingerprint density at radius 2 is 1.65 bits per heavy atom. The van der Waals surface area contributed by atoms with Gasteiger partial charge in [0, 0.05) is 5.56 Å². The minimum Gasteiger partial charge on any atom is -0.481 e. The third-order valence-corrected chi connectivity index (χ3v) is 5.70. The largest absolute Gasteiger partial charge is 0.481 e. The average Bonchev–Trinajstić information content (AvgIpc) is 2.79. The molecule has 0 N–H and O–H groups in total. The molecule has 0 saturated carbocycles. The standard InChI is InChI=1S/C27H19ClO3/c1-17-13-14-24-22(15-17)25(29)27(26(31-24)21-11-4-5-12-23(21)28)30-16-19-9-6-8-18-7-2-3-10-20(18)19/h2-15H,16H2,1H3. The molecule has 5 rings (SSSR count). The smallest absolute Gasteiger partial charge is 0.235 e. The fraction of sp³-hybridized carbons (Fsp3) is 0.0741. The van der Waals surface area contributed by atoms with E-state index in [-0.39, 0.29) is 17.8 Å². The van der Waals surface area contributed by atoms with Gasteiger partial charge in [-0.15, -0.1) is 0 Å². The highest BCUT2D eigenvalue weighted by Crippen LogP contribution is 2.36. The second-order valence-corrected chi connectivity index (χ2v) is 7.90. The van der Waals surface area contributed by atoms with Gasteiger partial charge in [0.2, 0.25) is 11.2 Å². The monoisotopic (exact) mass is 426 g/mol. The highest BCUT2D eigenvalue weighted by molar-refractivity contribution is 6.33. The van der Waals surface area contributed by atoms with Crippen molar-refractivity contribution in [3.8, 4) is 17.1 Å². The Hall–Kier alpha value is -3.56. The normalized spacial score (nSPS) is 11.2. The number of benzene rings is 4. The minimum absolute atomic E-state index is 0.166. The van der Waals surface area contributed by atoms with Crippen molar-refractivity contribution in [2.45, 2.75) is 13.5 Å². The SMILES string of the molecule is Cc1ccc2oc(-c3ccccc3Cl)c(OCc3cccc4ccccc34)c(=O)c2c1. The summed E-state index contributed by atoms with van der Waals surface area (Å²) in [4.78, 5) is 13.4. The van der Waals surface area contributed by atoms with Gasteiger partial charge in [0.05, 0.1) is 10.4 Å². The number of rotatable bonds is 4. The Labute approximate surface area is 184 Å². The fourth-order valence-electron chi connectivity index (χ4n) is 3.81. The van der Waals surface area contributed by atoms with Gasteiger partial charge in [0.25, 0.3) is 0 Å². The summed E-state index contributed by atoms with van der Waals surface area (Å²) in [5.74, 6) is 0.506. The first-order valence-electron chi connectivity index (χ1n) is 10.0. The van der Waals surface area contributed by atoms with Crippen molar-refractivity contribution in [1.29, 1.82) is 0 Å². The van der Waals surface area contributed by atoms with Crippen molar-refractivity contribution in [2.24, 2.45) is 0 Å². The van der Waals surface area contributed by atoms with E-state index in [2.05, 4.69) is 18.2 Å². The molecule has 4 heteroatoms. The predicted octanol–water partition coefficient (Wildman–Crippen LogP) is 7.15. The Morgan fingerprint density at radius 3 is 2.52 bits per heavy atom. The molecular weight excluding hydrogens is 408 g/mol. The molecule has 0 atom stereocenters. The van der Waals surface area contributed by atoms with Crippen LogP contribution in [0, 0.1) is 6.92 Å². The number of ether oxygens (including phenoxy) is 1. The van der Waals surface area contributed by atoms with Crippen LogP contribution in [0.4, 0.5) is 0 Å². The van der Waals surface area contributed by atoms with Crippen LogP contribution in [0.1, 0.15) is 11.1 Å². The van der Waals surface area contributed by atoms with Crippen LogP contribution in [0.25, 0.3) is 33.1 Å². The van der Waals surface area contributed by atoms with Crippen LogP contribution < -0.4 is 10.2 Å². The van der Waals surface area contributed by atoms with Crippen LogP contribution in [0.5, 0.6) is 5.75 Å². The molecule has 0 amide bonds. The van der Waals surface area contributed by atoms with Gasteiger partial charge in [-0.2, -0.15) is 0 Å². The first-order chi connectivity index (χ1) is 15.1. The van der Waals surface area contributed by atoms with E-state index in [1.165, 1.54) is 0 Å². The molecular formula is C27H19ClO3. The van der Waals surface area contributed by atoms with Crippen LogP contribution in [0.3, 0.4) is 0 Å². The molecule has 152 valence electrons. The summed E-state index contributed by atoms with van der Waals surface area (Å²) >= 11 is 6.44. The van der Waals surface area contributed by atoms with E-state index >= 15 is 0 Å². The molecule has 3 nitrogen and oxygen atoms in total. The summed E-state index contributed by atoms with van der Waals surface area (Å²) in [6.07, 6.45) is 0. The maximum absolute atomic E-state index is 13.4. The van der Waals surface area contributed by atoms with Gasteiger partial charge in [-0.05, 0) is 47.5 Å². The summed E-state index contributed by atoms with van der Waals surface area (Å²) in [5.41, 5.74) is 2.89. The van der Waals surface area contributed by atoms with Gasteiger partial charge in [-0.1, -0.05) is 77.8 Å². The molecule has 0 aliphatic carbocycles. The topological polar surface area (TPSA) is 39.4 Å². The Kier molecular flexibility index (Phi) is 4.97. The summed E-state index contributed by atoms with van der Waals surface area (Å²) in [5, 5.41) is 3.19. The third-order valence-electron chi connectivity index (χ3n) is 5.37. The van der Waals surface area contributed by atoms with Crippen molar-refractivity contribution < 1.29 is 9.15 Å². The van der Waals surface area contributed by atoms with E-state index in [1.807, 2.05) is 61.5 Å². The van der Waals surface area contributed by atoms with Gasteiger partial charge >= 0.3 is 0 Å². The highest BCUT2D eigenvalue weighted by atomic mass is 35.5. The molecule has 0 fully saturated rings. The molecule has 0 unspecified atom stereocenters. The van der Waals surface area contributed by atoms with Crippen molar-refractivity contribution in [2.75, 3.05) is 0 Å². The second kappa shape index (κ2) is 7.93. The lowest BCUT2D eigenvalue weighted by molar-refractivity contribution is 0.299. The minimum atomic E-state index is -0.208. The highest BCUT2D eigenvalue weighted by Gasteiger charge is 2.20. The second-order valence-electron chi connectivity index (χ2n) is 7.50. The van der Waals surface area contributed by atoms with Crippen molar-refractivity contribution in [1.82, 2.24) is 0 Å². The van der Waals surface area contributed by atoms with E-state index in [9.17, 15) is 4.79 Å². The Balaban J connectivity index is 1.67. The molecule has 0 radical (unpaired) electrons. The molecule has 0 aliphatic heterocycles. The maximum atomic E-state index is 13.4. The third kappa shape index (κ3) is 3.58. The molecule has 1 aromatic heterocycles. The van der Waals surface area contributed by atoms with Crippen LogP contribution in [-0.2, 0) is 6.61 Å². The lowest BCUT2D eigenvalue weighted by Gasteiger charge is -2.14. The number of aryl methyl sites for hydroxylation is 1. The van der Waals surface area contributed by atoms with E-state index in [4.69, 9.17) is 20.8 Å². The zero-order valence-corrected chi connectivity index (χ0v) is 17.6. The summed E-state index contributed by atoms with van der Waals surface area (Å²) in [7, 11) is 0. The lowest BCUT2D eigenvalue weighted by Crippen LogP contribution is -2.10. The van der Waals surface area contributed by atoms with Crippen LogP contribution >= 0.6 is 11.6 Å². The van der Waals surface area contributed by atoms with Crippen LogP contribution in [-0.4, -0.2) is 0 Å². The molecule has 31 heavy (non-hydrogen) atoms. The Bertz CT molecular complexity index is 1480. The molecule has 5 aromatic rings. The van der Waals surface area contributed by atoms with Gasteiger partial charge in [0.15, 0.2) is 5.76 Å². The van der Waals surface area contributed by atoms with E-state index in [0.717, 1.165) is 21.9 Å². The zero-order chi connectivity index (χ0) is 21.4. The van der Waals surface area contributed by atoms with Crippen molar-refractivity contribution in [3.05, 3.63) is 111 Å². The number of halogens is 1. The Morgan fingerprint density at radius 1 is 0.871 bits per heavy atom. The summed E-state index contributed by atoms with van der Waals surface area (Å²) < 4.78 is 12.3. The van der Waals surface area contributed by atoms with E-state index in [0.29, 0.717) is 27.3 Å². The number of hydrogen-bond donors (Lipinski definition) is 0. The first kappa shape index (κ1) is 19.4. The predicted molar refractivity (Wildman–Crippen MR) is 126 cm³/mol. The quantitative estimate of drug-likeness (QED) is 0.306. The molecule has 1 heterocycles. The first-order valence-corrected chi connectivity index (χ1v) is 10.4. The zero-order valence-electron chi connectivity index (χ0n) is 16.9. The maximum Gasteiger partial charge on any atom is 0.235 e. The molecule has 0 bridgehead atoms. The van der Waals surface area contributed by atoms with Crippen LogP contribution in [0.15, 0.2) is 94.1 Å². The van der Waals surface area contributed by atoms with Crippen molar-refractivity contribution in [3.63, 3.8) is 0 Å². The van der Waals surface area contributed by atoms with Gasteiger partial charge in [0.1, 0.15) is 12.2 Å². The van der Waals surface area contributed by atoms with E-state index < -0.39 is 0 Å². The lowest BCUT2D eigenvalue weighted by atomic mass is 10.1. The fourth-order valence-corrected chi connectivity index (χ4v) is 4.04. The van der Waals surface area contributed by atoms with Gasteiger partial charge < -0.3 is 9.15 Å². The molecule has 0 saturated heterocycles. The van der Waals surface area contributed by atoms with Gasteiger partial charge in [-0.25, -0.2) is 0 Å². The average molecular weight is 427 g/mol. The molecule has 4 aromatic carbocycles. The summed E-state index contributed by atoms with van der Waals surface area (Å²) in [6, 6.07) is 27.0. The molecule has 0 aliphatic rings. The molecule has 0 spiro atoms. The summed E-state index contributed by atoms with van der Waals surface area (Å²) in [6.45, 7) is 2.18. The number of hydrogen-bond acceptors (Lipinski definition) is 3. The van der Waals surface area contributed by atoms with Crippen molar-refractivity contribution >= 4 is 33.3 Å². The number of fused-ring (bicyclic) bond motifs is 2. The van der Waals surface area contributed by atoms with E-state index in [1.54, 1.807) is 12.1 Å². The van der Waals surface area contributed by atoms with Gasteiger partial charge in [-0.3, -0.25) is 4.79 Å².